The first-order valence-electron chi connectivity index (χ1n) is 5.08. The van der Waals surface area contributed by atoms with Crippen molar-refractivity contribution in [2.75, 3.05) is 26.4 Å². The molecule has 0 fully saturated rings. The summed E-state index contributed by atoms with van der Waals surface area (Å²) in [5, 5.41) is 0. The summed E-state index contributed by atoms with van der Waals surface area (Å²) < 4.78 is 15.7. The van der Waals surface area contributed by atoms with Gasteiger partial charge in [-0.2, -0.15) is 0 Å². The average molecular weight is 220 g/mol. The van der Waals surface area contributed by atoms with Gasteiger partial charge in [0.05, 0.1) is 19.8 Å². The molecular formula is C10H20O5. The van der Waals surface area contributed by atoms with E-state index in [-0.39, 0.29) is 6.61 Å². The van der Waals surface area contributed by atoms with E-state index in [0.29, 0.717) is 19.8 Å². The summed E-state index contributed by atoms with van der Waals surface area (Å²) in [4.78, 5) is 9.77. The molecule has 0 heterocycles. The van der Waals surface area contributed by atoms with Crippen molar-refractivity contribution < 1.29 is 24.0 Å². The predicted molar refractivity (Wildman–Crippen MR) is 54.8 cm³/mol. The summed E-state index contributed by atoms with van der Waals surface area (Å²) in [7, 11) is 0. The fraction of sp³-hybridized carbons (Fsp3) is 0.800. The Labute approximate surface area is 90.8 Å². The van der Waals surface area contributed by atoms with Crippen LogP contribution in [0.3, 0.4) is 0 Å². The monoisotopic (exact) mass is 220 g/mol. The van der Waals surface area contributed by atoms with E-state index in [2.05, 4.69) is 6.58 Å². The second-order valence-corrected chi connectivity index (χ2v) is 2.46. The van der Waals surface area contributed by atoms with Gasteiger partial charge in [0, 0.05) is 0 Å². The highest BCUT2D eigenvalue weighted by Gasteiger charge is 2.36. The molecule has 0 N–H and O–H groups in total. The third-order valence-corrected chi connectivity index (χ3v) is 1.31. The Bertz CT molecular complexity index is 143. The molecule has 0 bridgehead atoms. The minimum Gasteiger partial charge on any atom is -0.302 e. The van der Waals surface area contributed by atoms with Crippen LogP contribution in [0.5, 0.6) is 0 Å². The van der Waals surface area contributed by atoms with Crippen LogP contribution in [0.4, 0.5) is 0 Å². The molecule has 90 valence electrons. The van der Waals surface area contributed by atoms with E-state index in [9.17, 15) is 0 Å². The minimum absolute atomic E-state index is 0.231. The molecule has 0 atom stereocenters. The molecule has 0 aromatic heterocycles. The van der Waals surface area contributed by atoms with Crippen LogP contribution in [-0.4, -0.2) is 32.6 Å². The van der Waals surface area contributed by atoms with Crippen molar-refractivity contribution in [1.82, 2.24) is 0 Å². The summed E-state index contributed by atoms with van der Waals surface area (Å²) in [5.74, 6) is 0. The number of hydrogen-bond acceptors (Lipinski definition) is 5. The van der Waals surface area contributed by atoms with Crippen molar-refractivity contribution in [3.63, 3.8) is 0 Å². The largest absolute Gasteiger partial charge is 0.439 e. The lowest BCUT2D eigenvalue weighted by molar-refractivity contribution is -0.585. The van der Waals surface area contributed by atoms with E-state index < -0.39 is 6.16 Å². The molecule has 0 amide bonds. The van der Waals surface area contributed by atoms with Gasteiger partial charge < -0.3 is 14.2 Å². The second-order valence-electron chi connectivity index (χ2n) is 2.46. The first-order chi connectivity index (χ1) is 7.24. The van der Waals surface area contributed by atoms with Crippen LogP contribution in [0, 0.1) is 0 Å². The number of rotatable bonds is 10. The highest BCUT2D eigenvalue weighted by Crippen LogP contribution is 2.17. The van der Waals surface area contributed by atoms with Crippen molar-refractivity contribution in [1.29, 1.82) is 0 Å². The molecule has 0 aromatic carbocycles. The molecule has 0 aliphatic rings. The highest BCUT2D eigenvalue weighted by molar-refractivity contribution is 4.62. The molecule has 0 unspecified atom stereocenters. The van der Waals surface area contributed by atoms with E-state index in [1.54, 1.807) is 6.08 Å². The fourth-order valence-electron chi connectivity index (χ4n) is 0.882. The predicted octanol–water partition coefficient (Wildman–Crippen LogP) is 1.84. The fourth-order valence-corrected chi connectivity index (χ4v) is 0.882. The van der Waals surface area contributed by atoms with E-state index in [1.807, 2.05) is 20.8 Å². The summed E-state index contributed by atoms with van der Waals surface area (Å²) in [6.45, 7) is 10.3. The molecule has 0 saturated carbocycles. The van der Waals surface area contributed by atoms with Gasteiger partial charge in [-0.15, -0.1) is 11.5 Å². The van der Waals surface area contributed by atoms with E-state index in [1.165, 1.54) is 0 Å². The van der Waals surface area contributed by atoms with Gasteiger partial charge in [-0.25, -0.2) is 4.89 Å². The molecule has 0 aliphatic heterocycles. The normalized spacial score (nSPS) is 11.7. The number of hydrogen-bond donors (Lipinski definition) is 0. The van der Waals surface area contributed by atoms with Crippen LogP contribution in [0.15, 0.2) is 12.7 Å². The van der Waals surface area contributed by atoms with Crippen molar-refractivity contribution in [2.45, 2.75) is 26.9 Å². The second kappa shape index (κ2) is 8.82. The quantitative estimate of drug-likeness (QED) is 0.185. The van der Waals surface area contributed by atoms with Gasteiger partial charge in [-0.05, 0) is 20.8 Å². The Morgan fingerprint density at radius 1 is 1.00 bits per heavy atom. The lowest BCUT2D eigenvalue weighted by atomic mass is 10.7. The molecule has 5 nitrogen and oxygen atoms in total. The van der Waals surface area contributed by atoms with Gasteiger partial charge in [0.25, 0.3) is 0 Å². The van der Waals surface area contributed by atoms with Gasteiger partial charge in [-0.3, -0.25) is 0 Å². The molecule has 0 aromatic rings. The average Bonchev–Trinajstić information content (AvgIpc) is 2.19. The van der Waals surface area contributed by atoms with E-state index in [4.69, 9.17) is 24.0 Å². The van der Waals surface area contributed by atoms with Crippen molar-refractivity contribution in [3.05, 3.63) is 12.7 Å². The third-order valence-electron chi connectivity index (χ3n) is 1.31. The Morgan fingerprint density at radius 2 is 1.47 bits per heavy atom. The van der Waals surface area contributed by atoms with Crippen LogP contribution in [0.2, 0.25) is 0 Å². The Balaban J connectivity index is 4.24. The van der Waals surface area contributed by atoms with Crippen molar-refractivity contribution in [3.8, 4) is 0 Å². The summed E-state index contributed by atoms with van der Waals surface area (Å²) in [6.07, 6.45) is -0.0180. The van der Waals surface area contributed by atoms with Gasteiger partial charge >= 0.3 is 6.16 Å². The molecule has 5 heteroatoms. The summed E-state index contributed by atoms with van der Waals surface area (Å²) in [6, 6.07) is 0. The molecule has 0 spiro atoms. The SMILES string of the molecule is C=CCOOC(OCC)(OCC)OCC. The summed E-state index contributed by atoms with van der Waals surface area (Å²) in [5.41, 5.74) is 0. The molecule has 0 aliphatic carbocycles. The molecular weight excluding hydrogens is 200 g/mol. The first-order valence-corrected chi connectivity index (χ1v) is 5.08. The van der Waals surface area contributed by atoms with Crippen molar-refractivity contribution in [2.24, 2.45) is 0 Å². The van der Waals surface area contributed by atoms with Crippen LogP contribution in [0.1, 0.15) is 20.8 Å². The lowest BCUT2D eigenvalue weighted by Gasteiger charge is -2.29. The van der Waals surface area contributed by atoms with Gasteiger partial charge in [0.15, 0.2) is 0 Å². The lowest BCUT2D eigenvalue weighted by Crippen LogP contribution is -2.42. The maximum atomic E-state index is 5.23. The van der Waals surface area contributed by atoms with Crippen LogP contribution in [-0.2, 0) is 24.0 Å². The molecule has 15 heavy (non-hydrogen) atoms. The summed E-state index contributed by atoms with van der Waals surface area (Å²) >= 11 is 0. The number of ether oxygens (including phenoxy) is 3. The van der Waals surface area contributed by atoms with Crippen LogP contribution < -0.4 is 0 Å². The Morgan fingerprint density at radius 3 is 1.80 bits per heavy atom. The smallest absolute Gasteiger partial charge is 0.302 e. The molecule has 0 rings (SSSR count). The maximum absolute atomic E-state index is 5.23. The topological polar surface area (TPSA) is 46.2 Å². The third kappa shape index (κ3) is 5.86. The first kappa shape index (κ1) is 14.5. The van der Waals surface area contributed by atoms with E-state index in [0.717, 1.165) is 0 Å². The van der Waals surface area contributed by atoms with Gasteiger partial charge in [0.2, 0.25) is 0 Å². The van der Waals surface area contributed by atoms with Crippen LogP contribution >= 0.6 is 0 Å². The Hall–Kier alpha value is -0.460. The van der Waals surface area contributed by atoms with Gasteiger partial charge in [0.1, 0.15) is 6.61 Å². The minimum atomic E-state index is -1.57. The molecule has 0 saturated heterocycles. The zero-order valence-electron chi connectivity index (χ0n) is 9.65. The standard InChI is InChI=1S/C10H20O5/c1-5-9-14-15-10(11-6-2,12-7-3)13-8-4/h5H,1,6-9H2,2-4H3. The Kier molecular flexibility index (Phi) is 8.55. The van der Waals surface area contributed by atoms with Crippen LogP contribution in [0.25, 0.3) is 0 Å². The maximum Gasteiger partial charge on any atom is 0.439 e. The zero-order valence-corrected chi connectivity index (χ0v) is 9.65. The van der Waals surface area contributed by atoms with E-state index >= 15 is 0 Å². The zero-order chi connectivity index (χ0) is 11.6. The molecule has 0 radical (unpaired) electrons. The van der Waals surface area contributed by atoms with Crippen molar-refractivity contribution >= 4 is 0 Å². The van der Waals surface area contributed by atoms with Gasteiger partial charge in [-0.1, -0.05) is 6.08 Å². The highest BCUT2D eigenvalue weighted by atomic mass is 17.3.